The van der Waals surface area contributed by atoms with E-state index in [1.807, 2.05) is 30.3 Å². The van der Waals surface area contributed by atoms with Gasteiger partial charge in [0.1, 0.15) is 13.2 Å². The van der Waals surface area contributed by atoms with Crippen LogP contribution in [0.3, 0.4) is 0 Å². The molecule has 0 radical (unpaired) electrons. The highest BCUT2D eigenvalue weighted by molar-refractivity contribution is 5.69. The number of nitrogens with one attached hydrogen (secondary N) is 1. The molecule has 1 heterocycles. The molecule has 1 aromatic carbocycles. The Morgan fingerprint density at radius 2 is 2.00 bits per heavy atom. The van der Waals surface area contributed by atoms with Crippen molar-refractivity contribution < 1.29 is 19.4 Å². The summed E-state index contributed by atoms with van der Waals surface area (Å²) in [5.41, 5.74) is 1.82. The predicted molar refractivity (Wildman–Crippen MR) is 82.4 cm³/mol. The molecule has 0 unspecified atom stereocenters. The fourth-order valence-corrected chi connectivity index (χ4v) is 1.93. The minimum absolute atomic E-state index is 0.0436. The van der Waals surface area contributed by atoms with Crippen molar-refractivity contribution >= 4 is 11.9 Å². The van der Waals surface area contributed by atoms with Gasteiger partial charge in [-0.2, -0.15) is 5.10 Å². The zero-order valence-corrected chi connectivity index (χ0v) is 12.6. The molecule has 0 bridgehead atoms. The van der Waals surface area contributed by atoms with Gasteiger partial charge in [0, 0.05) is 24.8 Å². The number of benzene rings is 1. The molecule has 0 saturated heterocycles. The van der Waals surface area contributed by atoms with Crippen LogP contribution in [0.15, 0.2) is 42.7 Å². The molecule has 0 atom stereocenters. The molecule has 2 rings (SSSR count). The molecule has 0 fully saturated rings. The highest BCUT2D eigenvalue weighted by atomic mass is 16.5. The standard InChI is InChI=1S/C16H19N3O4/c20-15(21)6-7-17-8-14-9-18-19(10-14)11-16(22)23-12-13-4-2-1-3-5-13/h1-5,9-10,17H,6-8,11-12H2,(H,20,21). The van der Waals surface area contributed by atoms with Crippen LogP contribution in [0.2, 0.25) is 0 Å². The normalized spacial score (nSPS) is 10.4. The van der Waals surface area contributed by atoms with E-state index in [2.05, 4.69) is 10.4 Å². The summed E-state index contributed by atoms with van der Waals surface area (Å²) >= 11 is 0. The van der Waals surface area contributed by atoms with E-state index in [1.54, 1.807) is 12.4 Å². The average molecular weight is 317 g/mol. The summed E-state index contributed by atoms with van der Waals surface area (Å²) in [6.07, 6.45) is 3.44. The molecule has 0 aliphatic rings. The van der Waals surface area contributed by atoms with Crippen molar-refractivity contribution in [2.75, 3.05) is 6.54 Å². The minimum Gasteiger partial charge on any atom is -0.481 e. The molecule has 2 aromatic rings. The van der Waals surface area contributed by atoms with Gasteiger partial charge in [-0.1, -0.05) is 30.3 Å². The molecular weight excluding hydrogens is 298 g/mol. The monoisotopic (exact) mass is 317 g/mol. The van der Waals surface area contributed by atoms with Gasteiger partial charge in [-0.3, -0.25) is 14.3 Å². The predicted octanol–water partition coefficient (Wildman–Crippen LogP) is 1.19. The molecule has 0 saturated carbocycles. The molecule has 0 spiro atoms. The minimum atomic E-state index is -0.839. The molecular formula is C16H19N3O4. The second kappa shape index (κ2) is 8.70. The van der Waals surface area contributed by atoms with E-state index in [0.29, 0.717) is 13.1 Å². The van der Waals surface area contributed by atoms with Crippen LogP contribution in [0.1, 0.15) is 17.5 Å². The summed E-state index contributed by atoms with van der Waals surface area (Å²) in [6, 6.07) is 9.46. The van der Waals surface area contributed by atoms with Crippen LogP contribution in [0.5, 0.6) is 0 Å². The van der Waals surface area contributed by atoms with Gasteiger partial charge in [-0.25, -0.2) is 0 Å². The third kappa shape index (κ3) is 6.31. The molecule has 7 heteroatoms. The van der Waals surface area contributed by atoms with Crippen LogP contribution in [-0.2, 0) is 34.0 Å². The number of aromatic nitrogens is 2. The van der Waals surface area contributed by atoms with Gasteiger partial charge >= 0.3 is 11.9 Å². The van der Waals surface area contributed by atoms with E-state index >= 15 is 0 Å². The second-order valence-electron chi connectivity index (χ2n) is 5.01. The summed E-state index contributed by atoms with van der Waals surface area (Å²) in [5, 5.41) is 15.6. The van der Waals surface area contributed by atoms with E-state index < -0.39 is 5.97 Å². The Morgan fingerprint density at radius 3 is 2.74 bits per heavy atom. The van der Waals surface area contributed by atoms with Crippen molar-refractivity contribution in [3.63, 3.8) is 0 Å². The lowest BCUT2D eigenvalue weighted by Crippen LogP contribution is -2.17. The number of hydrogen-bond donors (Lipinski definition) is 2. The number of esters is 1. The van der Waals surface area contributed by atoms with E-state index in [1.165, 1.54) is 4.68 Å². The smallest absolute Gasteiger partial charge is 0.328 e. The fraction of sp³-hybridized carbons (Fsp3) is 0.312. The Hall–Kier alpha value is -2.67. The first-order chi connectivity index (χ1) is 11.1. The van der Waals surface area contributed by atoms with Crippen LogP contribution in [0, 0.1) is 0 Å². The van der Waals surface area contributed by atoms with Crippen LogP contribution in [0.25, 0.3) is 0 Å². The average Bonchev–Trinajstić information content (AvgIpc) is 2.98. The lowest BCUT2D eigenvalue weighted by Gasteiger charge is -2.05. The van der Waals surface area contributed by atoms with E-state index in [4.69, 9.17) is 9.84 Å². The number of carboxylic acid groups (broad SMARTS) is 1. The largest absolute Gasteiger partial charge is 0.481 e. The lowest BCUT2D eigenvalue weighted by molar-refractivity contribution is -0.146. The van der Waals surface area contributed by atoms with Crippen LogP contribution in [0.4, 0.5) is 0 Å². The maximum Gasteiger partial charge on any atom is 0.328 e. The van der Waals surface area contributed by atoms with E-state index in [0.717, 1.165) is 11.1 Å². The first-order valence-corrected chi connectivity index (χ1v) is 7.27. The van der Waals surface area contributed by atoms with Crippen molar-refractivity contribution in [1.29, 1.82) is 0 Å². The molecule has 0 aliphatic carbocycles. The zero-order valence-electron chi connectivity index (χ0n) is 12.6. The lowest BCUT2D eigenvalue weighted by atomic mass is 10.2. The fourth-order valence-electron chi connectivity index (χ4n) is 1.93. The van der Waals surface area contributed by atoms with Gasteiger partial charge in [0.25, 0.3) is 0 Å². The molecule has 0 amide bonds. The van der Waals surface area contributed by atoms with Crippen molar-refractivity contribution in [2.24, 2.45) is 0 Å². The summed E-state index contributed by atoms with van der Waals surface area (Å²) < 4.78 is 6.69. The summed E-state index contributed by atoms with van der Waals surface area (Å²) in [4.78, 5) is 22.2. The van der Waals surface area contributed by atoms with Crippen LogP contribution < -0.4 is 5.32 Å². The molecule has 0 aliphatic heterocycles. The molecule has 1 aromatic heterocycles. The maximum absolute atomic E-state index is 11.8. The van der Waals surface area contributed by atoms with Crippen molar-refractivity contribution in [3.05, 3.63) is 53.9 Å². The van der Waals surface area contributed by atoms with Gasteiger partial charge in [0.15, 0.2) is 0 Å². The first-order valence-electron chi connectivity index (χ1n) is 7.27. The van der Waals surface area contributed by atoms with Gasteiger partial charge in [0.2, 0.25) is 0 Å². The number of hydrogen-bond acceptors (Lipinski definition) is 5. The third-order valence-electron chi connectivity index (χ3n) is 3.07. The molecule has 23 heavy (non-hydrogen) atoms. The number of nitrogens with zero attached hydrogens (tertiary/aromatic N) is 2. The molecule has 2 N–H and O–H groups in total. The summed E-state index contributed by atoms with van der Waals surface area (Å²) in [7, 11) is 0. The SMILES string of the molecule is O=C(O)CCNCc1cnn(CC(=O)OCc2ccccc2)c1. The Morgan fingerprint density at radius 1 is 1.22 bits per heavy atom. The Kier molecular flexibility index (Phi) is 6.31. The summed E-state index contributed by atoms with van der Waals surface area (Å²) in [6.45, 7) is 1.18. The first kappa shape index (κ1) is 16.7. The van der Waals surface area contributed by atoms with E-state index in [9.17, 15) is 9.59 Å². The molecule has 122 valence electrons. The van der Waals surface area contributed by atoms with E-state index in [-0.39, 0.29) is 25.5 Å². The van der Waals surface area contributed by atoms with Crippen LogP contribution >= 0.6 is 0 Å². The highest BCUT2D eigenvalue weighted by Crippen LogP contribution is 2.02. The van der Waals surface area contributed by atoms with Crippen molar-refractivity contribution in [3.8, 4) is 0 Å². The number of carbonyl (C=O) groups excluding carboxylic acids is 1. The van der Waals surface area contributed by atoms with Crippen molar-refractivity contribution in [2.45, 2.75) is 26.1 Å². The second-order valence-corrected chi connectivity index (χ2v) is 5.01. The maximum atomic E-state index is 11.8. The van der Waals surface area contributed by atoms with Crippen LogP contribution in [-0.4, -0.2) is 33.4 Å². The topological polar surface area (TPSA) is 93.5 Å². The zero-order chi connectivity index (χ0) is 16.5. The van der Waals surface area contributed by atoms with Gasteiger partial charge in [-0.15, -0.1) is 0 Å². The number of rotatable bonds is 9. The Balaban J connectivity index is 1.71. The number of ether oxygens (including phenoxy) is 1. The number of aliphatic carboxylic acids is 1. The number of carbonyl (C=O) groups is 2. The van der Waals surface area contributed by atoms with Gasteiger partial charge < -0.3 is 15.2 Å². The van der Waals surface area contributed by atoms with Gasteiger partial charge in [0.05, 0.1) is 12.6 Å². The molecule has 7 nitrogen and oxygen atoms in total. The number of carboxylic acids is 1. The van der Waals surface area contributed by atoms with Gasteiger partial charge in [-0.05, 0) is 5.56 Å². The Bertz CT molecular complexity index is 640. The van der Waals surface area contributed by atoms with Crippen molar-refractivity contribution in [1.82, 2.24) is 15.1 Å². The summed E-state index contributed by atoms with van der Waals surface area (Å²) in [5.74, 6) is -1.20. The highest BCUT2D eigenvalue weighted by Gasteiger charge is 2.07. The Labute approximate surface area is 133 Å². The quantitative estimate of drug-likeness (QED) is 0.533. The third-order valence-corrected chi connectivity index (χ3v) is 3.07.